The fourth-order valence-corrected chi connectivity index (χ4v) is 5.60. The molecule has 0 saturated heterocycles. The van der Waals surface area contributed by atoms with Crippen LogP contribution in [0.2, 0.25) is 0 Å². The van der Waals surface area contributed by atoms with Crippen LogP contribution in [0.4, 0.5) is 0 Å². The molecule has 1 nitrogen and oxygen atoms in total. The van der Waals surface area contributed by atoms with E-state index in [0.717, 1.165) is 5.56 Å². The molecular weight excluding hydrogens is 316 g/mol. The fourth-order valence-electron chi connectivity index (χ4n) is 5.60. The average molecular weight is 351 g/mol. The molecule has 0 heterocycles. The molecule has 0 amide bonds. The molecule has 3 aliphatic rings. The SMILES string of the molecule is Cc1cc(C(C)(C)C)c(O)c(C2C3=C(CCCC3)C3=C2CCCC3)c1C. The second-order valence-electron chi connectivity index (χ2n) is 9.73. The number of benzene rings is 1. The lowest BCUT2D eigenvalue weighted by molar-refractivity contribution is 0.436. The minimum atomic E-state index is -0.0382. The lowest BCUT2D eigenvalue weighted by Gasteiger charge is -2.30. The number of fused-ring (bicyclic) bond motifs is 1. The van der Waals surface area contributed by atoms with Gasteiger partial charge in [-0.05, 0) is 98.5 Å². The van der Waals surface area contributed by atoms with Gasteiger partial charge >= 0.3 is 0 Å². The summed E-state index contributed by atoms with van der Waals surface area (Å²) in [5.74, 6) is 0.934. The molecule has 26 heavy (non-hydrogen) atoms. The quantitative estimate of drug-likeness (QED) is 0.570. The highest BCUT2D eigenvalue weighted by atomic mass is 16.3. The summed E-state index contributed by atoms with van der Waals surface area (Å²) < 4.78 is 0. The third kappa shape index (κ3) is 2.66. The van der Waals surface area contributed by atoms with Crippen molar-refractivity contribution in [3.63, 3.8) is 0 Å². The summed E-state index contributed by atoms with van der Waals surface area (Å²) in [5.41, 5.74) is 11.6. The van der Waals surface area contributed by atoms with E-state index in [1.165, 1.54) is 68.1 Å². The van der Waals surface area contributed by atoms with Gasteiger partial charge in [0.1, 0.15) is 5.75 Å². The highest BCUT2D eigenvalue weighted by molar-refractivity contribution is 5.64. The molecule has 4 rings (SSSR count). The van der Waals surface area contributed by atoms with E-state index in [1.54, 1.807) is 22.3 Å². The normalized spacial score (nSPS) is 21.3. The zero-order chi connectivity index (χ0) is 18.6. The van der Waals surface area contributed by atoms with E-state index in [0.29, 0.717) is 11.7 Å². The summed E-state index contributed by atoms with van der Waals surface area (Å²) in [7, 11) is 0. The van der Waals surface area contributed by atoms with Gasteiger partial charge < -0.3 is 5.11 Å². The lowest BCUT2D eigenvalue weighted by atomic mass is 9.75. The van der Waals surface area contributed by atoms with Crippen LogP contribution in [0.3, 0.4) is 0 Å². The van der Waals surface area contributed by atoms with Crippen LogP contribution < -0.4 is 0 Å². The first-order valence-corrected chi connectivity index (χ1v) is 10.6. The average Bonchev–Trinajstić information content (AvgIpc) is 2.92. The van der Waals surface area contributed by atoms with Crippen molar-refractivity contribution >= 4 is 0 Å². The van der Waals surface area contributed by atoms with Crippen LogP contribution in [0, 0.1) is 13.8 Å². The molecule has 0 bridgehead atoms. The maximum absolute atomic E-state index is 11.4. The summed E-state index contributed by atoms with van der Waals surface area (Å²) in [6, 6.07) is 2.22. The summed E-state index contributed by atoms with van der Waals surface area (Å²) >= 11 is 0. The molecule has 1 heteroatoms. The van der Waals surface area contributed by atoms with Crippen LogP contribution in [0.1, 0.15) is 100 Å². The maximum Gasteiger partial charge on any atom is 0.123 e. The minimum absolute atomic E-state index is 0.0382. The van der Waals surface area contributed by atoms with Gasteiger partial charge in [0.15, 0.2) is 0 Å². The predicted octanol–water partition coefficient (Wildman–Crippen LogP) is 7.14. The van der Waals surface area contributed by atoms with Gasteiger partial charge in [0.25, 0.3) is 0 Å². The molecule has 1 N–H and O–H groups in total. The summed E-state index contributed by atoms with van der Waals surface area (Å²) in [5, 5.41) is 11.4. The Balaban J connectivity index is 1.96. The third-order valence-corrected chi connectivity index (χ3v) is 7.05. The molecule has 140 valence electrons. The topological polar surface area (TPSA) is 20.2 Å². The van der Waals surface area contributed by atoms with E-state index in [2.05, 4.69) is 40.7 Å². The molecule has 0 spiro atoms. The molecular formula is C25H34O. The third-order valence-electron chi connectivity index (χ3n) is 7.05. The summed E-state index contributed by atoms with van der Waals surface area (Å²) in [6.07, 6.45) is 10.3. The first-order chi connectivity index (χ1) is 12.3. The smallest absolute Gasteiger partial charge is 0.123 e. The van der Waals surface area contributed by atoms with E-state index in [1.807, 2.05) is 0 Å². The monoisotopic (exact) mass is 350 g/mol. The molecule has 3 aliphatic carbocycles. The van der Waals surface area contributed by atoms with Gasteiger partial charge in [0.05, 0.1) is 0 Å². The molecule has 0 aromatic heterocycles. The molecule has 0 radical (unpaired) electrons. The summed E-state index contributed by atoms with van der Waals surface area (Å²) in [4.78, 5) is 0. The van der Waals surface area contributed by atoms with E-state index >= 15 is 0 Å². The van der Waals surface area contributed by atoms with E-state index in [9.17, 15) is 5.11 Å². The van der Waals surface area contributed by atoms with E-state index in [4.69, 9.17) is 0 Å². The van der Waals surface area contributed by atoms with Crippen molar-refractivity contribution in [2.24, 2.45) is 0 Å². The van der Waals surface area contributed by atoms with Gasteiger partial charge in [-0.2, -0.15) is 0 Å². The molecule has 1 aromatic rings. The summed E-state index contributed by atoms with van der Waals surface area (Å²) in [6.45, 7) is 11.1. The number of hydrogen-bond acceptors (Lipinski definition) is 1. The number of hydrogen-bond donors (Lipinski definition) is 1. The van der Waals surface area contributed by atoms with Gasteiger partial charge in [-0.15, -0.1) is 0 Å². The van der Waals surface area contributed by atoms with Crippen molar-refractivity contribution in [3.8, 4) is 5.75 Å². The number of aryl methyl sites for hydroxylation is 1. The number of allylic oxidation sites excluding steroid dienone is 4. The molecule has 0 unspecified atom stereocenters. The second-order valence-corrected chi connectivity index (χ2v) is 9.73. The zero-order valence-electron chi connectivity index (χ0n) is 17.3. The van der Waals surface area contributed by atoms with Crippen LogP contribution in [0.5, 0.6) is 5.75 Å². The minimum Gasteiger partial charge on any atom is -0.507 e. The highest BCUT2D eigenvalue weighted by Gasteiger charge is 2.39. The lowest BCUT2D eigenvalue weighted by Crippen LogP contribution is -2.16. The van der Waals surface area contributed by atoms with Crippen molar-refractivity contribution in [3.05, 3.63) is 50.6 Å². The van der Waals surface area contributed by atoms with Crippen LogP contribution in [-0.2, 0) is 5.41 Å². The van der Waals surface area contributed by atoms with Crippen molar-refractivity contribution in [1.82, 2.24) is 0 Å². The highest BCUT2D eigenvalue weighted by Crippen LogP contribution is 2.56. The Kier molecular flexibility index (Phi) is 4.33. The molecule has 1 aromatic carbocycles. The van der Waals surface area contributed by atoms with Crippen LogP contribution in [0.15, 0.2) is 28.4 Å². The van der Waals surface area contributed by atoms with Crippen LogP contribution in [0.25, 0.3) is 0 Å². The fraction of sp³-hybridized carbons (Fsp3) is 0.600. The Morgan fingerprint density at radius 1 is 0.846 bits per heavy atom. The van der Waals surface area contributed by atoms with E-state index < -0.39 is 0 Å². The standard InChI is InChI=1S/C25H34O/c1-15-14-21(25(3,4)5)24(26)22(16(15)2)23-19-12-8-6-10-17(19)18-11-7-9-13-20(18)23/h14,23,26H,6-13H2,1-5H3. The Morgan fingerprint density at radius 3 is 1.85 bits per heavy atom. The van der Waals surface area contributed by atoms with Crippen LogP contribution in [-0.4, -0.2) is 5.11 Å². The van der Waals surface area contributed by atoms with Crippen molar-refractivity contribution in [1.29, 1.82) is 0 Å². The molecule has 0 fully saturated rings. The Bertz CT molecular complexity index is 782. The molecule has 0 aliphatic heterocycles. The Hall–Kier alpha value is -1.50. The number of phenolic OH excluding ortho intramolecular Hbond substituents is 1. The van der Waals surface area contributed by atoms with Gasteiger partial charge in [-0.25, -0.2) is 0 Å². The van der Waals surface area contributed by atoms with Crippen molar-refractivity contribution < 1.29 is 5.11 Å². The first kappa shape index (κ1) is 17.9. The van der Waals surface area contributed by atoms with E-state index in [-0.39, 0.29) is 5.41 Å². The van der Waals surface area contributed by atoms with Gasteiger partial charge in [-0.3, -0.25) is 0 Å². The first-order valence-electron chi connectivity index (χ1n) is 10.6. The Labute approximate surface area is 159 Å². The number of phenols is 1. The van der Waals surface area contributed by atoms with Gasteiger partial charge in [-0.1, -0.05) is 38.0 Å². The second kappa shape index (κ2) is 6.29. The van der Waals surface area contributed by atoms with Crippen molar-refractivity contribution in [2.75, 3.05) is 0 Å². The Morgan fingerprint density at radius 2 is 1.35 bits per heavy atom. The zero-order valence-corrected chi connectivity index (χ0v) is 17.3. The molecule has 0 atom stereocenters. The van der Waals surface area contributed by atoms with Crippen molar-refractivity contribution in [2.45, 2.75) is 97.3 Å². The molecule has 0 saturated carbocycles. The number of aromatic hydroxyl groups is 1. The largest absolute Gasteiger partial charge is 0.507 e. The van der Waals surface area contributed by atoms with Crippen LogP contribution >= 0.6 is 0 Å². The van der Waals surface area contributed by atoms with Gasteiger partial charge in [0.2, 0.25) is 0 Å². The number of rotatable bonds is 1. The van der Waals surface area contributed by atoms with Gasteiger partial charge in [0, 0.05) is 11.5 Å². The predicted molar refractivity (Wildman–Crippen MR) is 110 cm³/mol. The maximum atomic E-state index is 11.4.